The first-order valence-electron chi connectivity index (χ1n) is 4.41. The lowest BCUT2D eigenvalue weighted by Gasteiger charge is -2.26. The molecule has 0 saturated heterocycles. The summed E-state index contributed by atoms with van der Waals surface area (Å²) in [7, 11) is 0. The van der Waals surface area contributed by atoms with Crippen molar-refractivity contribution in [3.63, 3.8) is 0 Å². The Labute approximate surface area is 89.3 Å². The first-order chi connectivity index (χ1) is 6.84. The van der Waals surface area contributed by atoms with Gasteiger partial charge in [-0.2, -0.15) is 0 Å². The van der Waals surface area contributed by atoms with Crippen LogP contribution >= 0.6 is 15.9 Å². The van der Waals surface area contributed by atoms with Crippen LogP contribution in [0.2, 0.25) is 0 Å². The number of benzene rings is 1. The molecule has 14 heavy (non-hydrogen) atoms. The fourth-order valence-electron chi connectivity index (χ4n) is 1.84. The normalized spacial score (nSPS) is 18.8. The summed E-state index contributed by atoms with van der Waals surface area (Å²) in [5.41, 5.74) is 2.69. The Hall–Kier alpha value is -1.16. The van der Waals surface area contributed by atoms with Crippen LogP contribution in [0.4, 0.5) is 0 Å². The van der Waals surface area contributed by atoms with Gasteiger partial charge in [-0.25, -0.2) is 0 Å². The van der Waals surface area contributed by atoms with Gasteiger partial charge in [-0.05, 0) is 17.5 Å². The van der Waals surface area contributed by atoms with E-state index in [1.807, 2.05) is 6.07 Å². The predicted octanol–water partition coefficient (Wildman–Crippen LogP) is 2.52. The van der Waals surface area contributed by atoms with E-state index in [0.29, 0.717) is 16.6 Å². The minimum atomic E-state index is 0.296. The Morgan fingerprint density at radius 3 is 2.86 bits per heavy atom. The summed E-state index contributed by atoms with van der Waals surface area (Å²) in [4.78, 5) is 0.455. The molecule has 1 aliphatic carbocycles. The summed E-state index contributed by atoms with van der Waals surface area (Å²) in [5.74, 6) is 1.00. The highest BCUT2D eigenvalue weighted by Gasteiger charge is 2.31. The number of halogens is 1. The Balaban J connectivity index is 1.99. The highest BCUT2D eigenvalue weighted by atomic mass is 79.9. The zero-order valence-electron chi connectivity index (χ0n) is 7.27. The molecule has 1 aliphatic rings. The van der Waals surface area contributed by atoms with E-state index < -0.39 is 0 Å². The van der Waals surface area contributed by atoms with Gasteiger partial charge in [-0.3, -0.25) is 0 Å². The van der Waals surface area contributed by atoms with E-state index in [9.17, 15) is 0 Å². The molecule has 2 aromatic rings. The van der Waals surface area contributed by atoms with E-state index >= 15 is 0 Å². The monoisotopic (exact) mass is 250 g/mol. The second-order valence-electron chi connectivity index (χ2n) is 3.35. The molecule has 0 amide bonds. The first-order valence-corrected chi connectivity index (χ1v) is 5.20. The summed E-state index contributed by atoms with van der Waals surface area (Å²) in [5, 5.41) is 7.77. The van der Waals surface area contributed by atoms with Crippen molar-refractivity contribution in [1.82, 2.24) is 10.2 Å². The van der Waals surface area contributed by atoms with Gasteiger partial charge >= 0.3 is 0 Å². The van der Waals surface area contributed by atoms with Gasteiger partial charge in [0.05, 0.1) is 5.92 Å². The molecule has 0 aliphatic heterocycles. The van der Waals surface area contributed by atoms with E-state index in [0.717, 1.165) is 6.42 Å². The van der Waals surface area contributed by atoms with Crippen LogP contribution in [0.5, 0.6) is 0 Å². The standard InChI is InChI=1S/C10H7BrN2O/c11-10-13-12-9(14-10)8-5-6-3-1-2-4-7(6)8/h1-4,8H,5H2. The van der Waals surface area contributed by atoms with Gasteiger partial charge in [0.2, 0.25) is 5.89 Å². The molecule has 1 aromatic heterocycles. The third kappa shape index (κ3) is 1.10. The molecule has 0 fully saturated rings. The lowest BCUT2D eigenvalue weighted by atomic mass is 9.78. The molecule has 1 atom stereocenters. The molecule has 4 heteroatoms. The first kappa shape index (κ1) is 8.17. The summed E-state index contributed by atoms with van der Waals surface area (Å²) in [6, 6.07) is 8.34. The smallest absolute Gasteiger partial charge is 0.284 e. The van der Waals surface area contributed by atoms with Crippen molar-refractivity contribution in [3.05, 3.63) is 46.1 Å². The van der Waals surface area contributed by atoms with Crippen molar-refractivity contribution >= 4 is 15.9 Å². The maximum absolute atomic E-state index is 5.34. The van der Waals surface area contributed by atoms with E-state index in [1.54, 1.807) is 0 Å². The fraction of sp³-hybridized carbons (Fsp3) is 0.200. The molecule has 0 radical (unpaired) electrons. The quantitative estimate of drug-likeness (QED) is 0.781. The number of fused-ring (bicyclic) bond motifs is 1. The van der Waals surface area contributed by atoms with Gasteiger partial charge in [0.15, 0.2) is 0 Å². The zero-order chi connectivity index (χ0) is 9.54. The molecule has 3 rings (SSSR count). The average Bonchev–Trinajstić information content (AvgIpc) is 2.54. The van der Waals surface area contributed by atoms with Gasteiger partial charge in [0.25, 0.3) is 4.80 Å². The maximum atomic E-state index is 5.34. The Kier molecular flexibility index (Phi) is 1.70. The van der Waals surface area contributed by atoms with Crippen molar-refractivity contribution in [2.75, 3.05) is 0 Å². The summed E-state index contributed by atoms with van der Waals surface area (Å²) < 4.78 is 5.34. The lowest BCUT2D eigenvalue weighted by molar-refractivity contribution is 0.434. The summed E-state index contributed by atoms with van der Waals surface area (Å²) in [6.45, 7) is 0. The molecular formula is C10H7BrN2O. The van der Waals surface area contributed by atoms with Crippen LogP contribution in [0.25, 0.3) is 0 Å². The maximum Gasteiger partial charge on any atom is 0.284 e. The molecule has 1 unspecified atom stereocenters. The highest BCUT2D eigenvalue weighted by molar-refractivity contribution is 9.10. The molecule has 70 valence electrons. The van der Waals surface area contributed by atoms with E-state index in [-0.39, 0.29) is 0 Å². The average molecular weight is 251 g/mol. The largest absolute Gasteiger partial charge is 0.415 e. The Morgan fingerprint density at radius 1 is 1.29 bits per heavy atom. The van der Waals surface area contributed by atoms with Crippen molar-refractivity contribution in [2.24, 2.45) is 0 Å². The third-order valence-electron chi connectivity index (χ3n) is 2.57. The molecule has 0 saturated carbocycles. The number of hydrogen-bond acceptors (Lipinski definition) is 3. The summed E-state index contributed by atoms with van der Waals surface area (Å²) in [6.07, 6.45) is 1.00. The van der Waals surface area contributed by atoms with Crippen molar-refractivity contribution in [3.8, 4) is 0 Å². The number of aromatic nitrogens is 2. The molecule has 0 N–H and O–H groups in total. The predicted molar refractivity (Wildman–Crippen MR) is 54.0 cm³/mol. The molecule has 0 bridgehead atoms. The van der Waals surface area contributed by atoms with Gasteiger partial charge < -0.3 is 4.42 Å². The molecule has 1 heterocycles. The second kappa shape index (κ2) is 2.92. The van der Waals surface area contributed by atoms with E-state index in [4.69, 9.17) is 4.42 Å². The minimum absolute atomic E-state index is 0.296. The summed E-state index contributed by atoms with van der Waals surface area (Å²) >= 11 is 3.15. The highest BCUT2D eigenvalue weighted by Crippen LogP contribution is 2.39. The lowest BCUT2D eigenvalue weighted by Crippen LogP contribution is -2.18. The molecular weight excluding hydrogens is 244 g/mol. The van der Waals surface area contributed by atoms with Crippen molar-refractivity contribution in [1.29, 1.82) is 0 Å². The minimum Gasteiger partial charge on any atom is -0.415 e. The number of hydrogen-bond donors (Lipinski definition) is 0. The molecule has 0 spiro atoms. The van der Waals surface area contributed by atoms with Gasteiger partial charge in [0.1, 0.15) is 0 Å². The topological polar surface area (TPSA) is 38.9 Å². The van der Waals surface area contributed by atoms with Gasteiger partial charge in [-0.1, -0.05) is 24.3 Å². The molecule has 3 nitrogen and oxygen atoms in total. The Morgan fingerprint density at radius 2 is 2.14 bits per heavy atom. The second-order valence-corrected chi connectivity index (χ2v) is 4.03. The van der Waals surface area contributed by atoms with Gasteiger partial charge in [-0.15, -0.1) is 10.2 Å². The van der Waals surface area contributed by atoms with Crippen LogP contribution in [-0.2, 0) is 6.42 Å². The van der Waals surface area contributed by atoms with E-state index in [1.165, 1.54) is 11.1 Å². The zero-order valence-corrected chi connectivity index (χ0v) is 8.86. The Bertz CT molecular complexity index is 480. The number of rotatable bonds is 1. The van der Waals surface area contributed by atoms with Crippen LogP contribution in [0, 0.1) is 0 Å². The van der Waals surface area contributed by atoms with Crippen LogP contribution in [0.15, 0.2) is 33.5 Å². The van der Waals surface area contributed by atoms with Crippen LogP contribution < -0.4 is 0 Å². The van der Waals surface area contributed by atoms with Crippen LogP contribution in [0.3, 0.4) is 0 Å². The number of nitrogens with zero attached hydrogens (tertiary/aromatic N) is 2. The SMILES string of the molecule is Brc1nnc(C2Cc3ccccc32)o1. The van der Waals surface area contributed by atoms with Gasteiger partial charge in [0, 0.05) is 15.9 Å². The third-order valence-corrected chi connectivity index (χ3v) is 2.89. The van der Waals surface area contributed by atoms with E-state index in [2.05, 4.69) is 44.3 Å². The van der Waals surface area contributed by atoms with Crippen LogP contribution in [-0.4, -0.2) is 10.2 Å². The fourth-order valence-corrected chi connectivity index (χ4v) is 2.08. The molecule has 1 aromatic carbocycles. The van der Waals surface area contributed by atoms with Crippen molar-refractivity contribution < 1.29 is 4.42 Å². The van der Waals surface area contributed by atoms with Crippen molar-refractivity contribution in [2.45, 2.75) is 12.3 Å². The van der Waals surface area contributed by atoms with Crippen LogP contribution in [0.1, 0.15) is 22.9 Å².